The number of hydrogen-bond donors (Lipinski definition) is 1. The summed E-state index contributed by atoms with van der Waals surface area (Å²) in [6, 6.07) is 9.29. The van der Waals surface area contributed by atoms with Gasteiger partial charge in [-0.3, -0.25) is 9.59 Å². The second kappa shape index (κ2) is 4.99. The Morgan fingerprint density at radius 1 is 1.29 bits per heavy atom. The van der Waals surface area contributed by atoms with Crippen molar-refractivity contribution in [1.82, 2.24) is 10.2 Å². The molecule has 1 aliphatic carbocycles. The van der Waals surface area contributed by atoms with Crippen molar-refractivity contribution in [2.75, 3.05) is 13.6 Å². The summed E-state index contributed by atoms with van der Waals surface area (Å²) in [4.78, 5) is 25.1. The lowest BCUT2D eigenvalue weighted by atomic mass is 10.2. The SMILES string of the molecule is CN(C(=O)CNC(=O)c1ccccc1)C1CC1. The van der Waals surface area contributed by atoms with Crippen LogP contribution in [0.2, 0.25) is 0 Å². The topological polar surface area (TPSA) is 49.4 Å². The smallest absolute Gasteiger partial charge is 0.251 e. The lowest BCUT2D eigenvalue weighted by Crippen LogP contribution is -2.39. The zero-order valence-corrected chi connectivity index (χ0v) is 9.85. The number of carbonyl (C=O) groups excluding carboxylic acids is 2. The number of benzene rings is 1. The van der Waals surface area contributed by atoms with Gasteiger partial charge >= 0.3 is 0 Å². The molecule has 1 aromatic carbocycles. The maximum Gasteiger partial charge on any atom is 0.251 e. The van der Waals surface area contributed by atoms with Crippen LogP contribution in [-0.2, 0) is 4.79 Å². The van der Waals surface area contributed by atoms with E-state index in [-0.39, 0.29) is 18.4 Å². The monoisotopic (exact) mass is 232 g/mol. The largest absolute Gasteiger partial charge is 0.343 e. The molecule has 1 fully saturated rings. The second-order valence-electron chi connectivity index (χ2n) is 4.28. The first-order chi connectivity index (χ1) is 8.18. The summed E-state index contributed by atoms with van der Waals surface area (Å²) in [6.07, 6.45) is 2.16. The molecule has 0 bridgehead atoms. The fourth-order valence-electron chi connectivity index (χ4n) is 1.64. The van der Waals surface area contributed by atoms with Crippen molar-refractivity contribution < 1.29 is 9.59 Å². The fourth-order valence-corrected chi connectivity index (χ4v) is 1.64. The second-order valence-corrected chi connectivity index (χ2v) is 4.28. The molecule has 0 radical (unpaired) electrons. The number of likely N-dealkylation sites (N-methyl/N-ethyl adjacent to an activating group) is 1. The maximum absolute atomic E-state index is 11.7. The molecule has 90 valence electrons. The van der Waals surface area contributed by atoms with E-state index in [1.54, 1.807) is 36.2 Å². The first-order valence-corrected chi connectivity index (χ1v) is 5.77. The first-order valence-electron chi connectivity index (χ1n) is 5.77. The highest BCUT2D eigenvalue weighted by Crippen LogP contribution is 2.25. The molecule has 0 aliphatic heterocycles. The highest BCUT2D eigenvalue weighted by molar-refractivity contribution is 5.96. The molecule has 0 saturated heterocycles. The number of rotatable bonds is 4. The normalized spacial score (nSPS) is 14.2. The molecule has 0 spiro atoms. The van der Waals surface area contributed by atoms with Gasteiger partial charge in [0.25, 0.3) is 5.91 Å². The Morgan fingerprint density at radius 2 is 1.94 bits per heavy atom. The van der Waals surface area contributed by atoms with Crippen LogP contribution in [0.5, 0.6) is 0 Å². The summed E-state index contributed by atoms with van der Waals surface area (Å²) >= 11 is 0. The first kappa shape index (κ1) is 11.6. The number of amides is 2. The van der Waals surface area contributed by atoms with Gasteiger partial charge in [0, 0.05) is 18.7 Å². The minimum absolute atomic E-state index is 0.0308. The lowest BCUT2D eigenvalue weighted by molar-refractivity contribution is -0.129. The lowest BCUT2D eigenvalue weighted by Gasteiger charge is -2.16. The maximum atomic E-state index is 11.7. The summed E-state index contributed by atoms with van der Waals surface area (Å²) in [5.74, 6) is -0.236. The van der Waals surface area contributed by atoms with Gasteiger partial charge in [-0.25, -0.2) is 0 Å². The number of nitrogens with one attached hydrogen (secondary N) is 1. The van der Waals surface area contributed by atoms with Crippen molar-refractivity contribution in [2.24, 2.45) is 0 Å². The summed E-state index contributed by atoms with van der Waals surface area (Å²) in [7, 11) is 1.79. The summed E-state index contributed by atoms with van der Waals surface area (Å²) in [6.45, 7) is 0.0702. The van der Waals surface area contributed by atoms with E-state index in [0.717, 1.165) is 12.8 Å². The number of nitrogens with zero attached hydrogens (tertiary/aromatic N) is 1. The highest BCUT2D eigenvalue weighted by Gasteiger charge is 2.29. The Morgan fingerprint density at radius 3 is 2.53 bits per heavy atom. The van der Waals surface area contributed by atoms with Gasteiger partial charge in [-0.15, -0.1) is 0 Å². The molecule has 0 heterocycles. The van der Waals surface area contributed by atoms with Gasteiger partial charge in [-0.2, -0.15) is 0 Å². The molecule has 0 unspecified atom stereocenters. The van der Waals surface area contributed by atoms with Gasteiger partial charge in [0.2, 0.25) is 5.91 Å². The zero-order valence-electron chi connectivity index (χ0n) is 9.85. The van der Waals surface area contributed by atoms with Gasteiger partial charge in [0.05, 0.1) is 6.54 Å². The van der Waals surface area contributed by atoms with Crippen LogP contribution < -0.4 is 5.32 Å². The van der Waals surface area contributed by atoms with E-state index in [1.165, 1.54) is 0 Å². The minimum Gasteiger partial charge on any atom is -0.343 e. The Balaban J connectivity index is 1.82. The van der Waals surface area contributed by atoms with E-state index in [1.807, 2.05) is 6.07 Å². The van der Waals surface area contributed by atoms with Crippen LogP contribution in [0.15, 0.2) is 30.3 Å². The average Bonchev–Trinajstić information content (AvgIpc) is 3.20. The van der Waals surface area contributed by atoms with Crippen molar-refractivity contribution in [3.63, 3.8) is 0 Å². The fraction of sp³-hybridized carbons (Fsp3) is 0.385. The quantitative estimate of drug-likeness (QED) is 0.843. The van der Waals surface area contributed by atoms with Gasteiger partial charge in [0.1, 0.15) is 0 Å². The van der Waals surface area contributed by atoms with Crippen LogP contribution in [0.1, 0.15) is 23.2 Å². The minimum atomic E-state index is -0.205. The molecule has 4 nitrogen and oxygen atoms in total. The van der Waals surface area contributed by atoms with Crippen molar-refractivity contribution in [3.05, 3.63) is 35.9 Å². The predicted octanol–water partition coefficient (Wildman–Crippen LogP) is 1.04. The number of hydrogen-bond acceptors (Lipinski definition) is 2. The summed E-state index contributed by atoms with van der Waals surface area (Å²) in [5, 5.41) is 2.63. The van der Waals surface area contributed by atoms with Crippen LogP contribution in [0, 0.1) is 0 Å². The zero-order chi connectivity index (χ0) is 12.3. The van der Waals surface area contributed by atoms with Crippen molar-refractivity contribution in [2.45, 2.75) is 18.9 Å². The number of carbonyl (C=O) groups is 2. The molecule has 4 heteroatoms. The third kappa shape index (κ3) is 3.06. The standard InChI is InChI=1S/C13H16N2O2/c1-15(11-7-8-11)12(16)9-14-13(17)10-5-3-2-4-6-10/h2-6,11H,7-9H2,1H3,(H,14,17). The molecular formula is C13H16N2O2. The molecule has 1 saturated carbocycles. The van der Waals surface area contributed by atoms with Crippen LogP contribution in [0.4, 0.5) is 0 Å². The Labute approximate surface area is 101 Å². The van der Waals surface area contributed by atoms with Crippen LogP contribution in [-0.4, -0.2) is 36.3 Å². The van der Waals surface area contributed by atoms with Crippen molar-refractivity contribution in [1.29, 1.82) is 0 Å². The van der Waals surface area contributed by atoms with E-state index >= 15 is 0 Å². The van der Waals surface area contributed by atoms with Crippen LogP contribution in [0.25, 0.3) is 0 Å². The third-order valence-corrected chi connectivity index (χ3v) is 2.92. The van der Waals surface area contributed by atoms with Crippen LogP contribution in [0.3, 0.4) is 0 Å². The summed E-state index contributed by atoms with van der Waals surface area (Å²) in [5.41, 5.74) is 0.578. The molecular weight excluding hydrogens is 216 g/mol. The van der Waals surface area contributed by atoms with Gasteiger partial charge in [-0.1, -0.05) is 18.2 Å². The Hall–Kier alpha value is -1.84. The van der Waals surface area contributed by atoms with Gasteiger partial charge in [-0.05, 0) is 25.0 Å². The van der Waals surface area contributed by atoms with Crippen molar-refractivity contribution in [3.8, 4) is 0 Å². The van der Waals surface area contributed by atoms with Crippen LogP contribution >= 0.6 is 0 Å². The van der Waals surface area contributed by atoms with E-state index < -0.39 is 0 Å². The van der Waals surface area contributed by atoms with E-state index in [0.29, 0.717) is 11.6 Å². The average molecular weight is 232 g/mol. The van der Waals surface area contributed by atoms with Crippen molar-refractivity contribution >= 4 is 11.8 Å². The third-order valence-electron chi connectivity index (χ3n) is 2.92. The Kier molecular flexibility index (Phi) is 3.42. The van der Waals surface area contributed by atoms with E-state index in [2.05, 4.69) is 5.32 Å². The highest BCUT2D eigenvalue weighted by atomic mass is 16.2. The molecule has 0 aromatic heterocycles. The molecule has 17 heavy (non-hydrogen) atoms. The molecule has 1 aromatic rings. The van der Waals surface area contributed by atoms with E-state index in [4.69, 9.17) is 0 Å². The Bertz CT molecular complexity index is 413. The van der Waals surface area contributed by atoms with Gasteiger partial charge in [0.15, 0.2) is 0 Å². The molecule has 2 rings (SSSR count). The molecule has 0 atom stereocenters. The predicted molar refractivity (Wildman–Crippen MR) is 64.6 cm³/mol. The van der Waals surface area contributed by atoms with E-state index in [9.17, 15) is 9.59 Å². The molecule has 1 N–H and O–H groups in total. The molecule has 1 aliphatic rings. The molecule has 2 amide bonds. The summed E-state index contributed by atoms with van der Waals surface area (Å²) < 4.78 is 0. The van der Waals surface area contributed by atoms with Gasteiger partial charge < -0.3 is 10.2 Å².